The van der Waals surface area contributed by atoms with Crippen molar-refractivity contribution in [2.45, 2.75) is 4.90 Å². The molecule has 0 aromatic carbocycles. The highest BCUT2D eigenvalue weighted by molar-refractivity contribution is 7.99. The molecule has 2 aromatic heterocycles. The molecule has 3 nitrogen and oxygen atoms in total. The van der Waals surface area contributed by atoms with E-state index in [1.807, 2.05) is 17.7 Å². The van der Waals surface area contributed by atoms with Gasteiger partial charge in [0.05, 0.1) is 15.1 Å². The van der Waals surface area contributed by atoms with Crippen molar-refractivity contribution in [1.82, 2.24) is 4.98 Å². The highest BCUT2D eigenvalue weighted by atomic mass is 32.2. The lowest BCUT2D eigenvalue weighted by Crippen LogP contribution is -1.97. The van der Waals surface area contributed by atoms with Crippen molar-refractivity contribution in [2.75, 3.05) is 6.26 Å². The van der Waals surface area contributed by atoms with E-state index in [1.54, 1.807) is 11.3 Å². The first-order valence-electron chi connectivity index (χ1n) is 3.60. The first-order valence-corrected chi connectivity index (χ1v) is 5.71. The van der Waals surface area contributed by atoms with E-state index < -0.39 is 5.97 Å². The highest BCUT2D eigenvalue weighted by Crippen LogP contribution is 2.33. The summed E-state index contributed by atoms with van der Waals surface area (Å²) in [5.41, 5.74) is 1.21. The lowest BCUT2D eigenvalue weighted by Gasteiger charge is -1.93. The Bertz CT molecular complexity index is 458. The minimum atomic E-state index is -0.896. The predicted molar refractivity (Wildman–Crippen MR) is 54.9 cm³/mol. The van der Waals surface area contributed by atoms with Gasteiger partial charge in [-0.05, 0) is 17.7 Å². The summed E-state index contributed by atoms with van der Waals surface area (Å²) in [6.07, 6.45) is 1.88. The van der Waals surface area contributed by atoms with E-state index >= 15 is 0 Å². The Balaban J connectivity index is 2.74. The molecule has 68 valence electrons. The fourth-order valence-corrected chi connectivity index (χ4v) is 3.06. The molecule has 2 rings (SSSR count). The van der Waals surface area contributed by atoms with Crippen molar-refractivity contribution in [3.8, 4) is 0 Å². The lowest BCUT2D eigenvalue weighted by atomic mass is 10.4. The second kappa shape index (κ2) is 3.08. The van der Waals surface area contributed by atoms with Gasteiger partial charge in [0.1, 0.15) is 5.69 Å². The topological polar surface area (TPSA) is 53.1 Å². The molecule has 0 fully saturated rings. The van der Waals surface area contributed by atoms with Crippen LogP contribution in [0.4, 0.5) is 0 Å². The number of carbonyl (C=O) groups is 1. The number of carboxylic acids is 1. The fourth-order valence-electron chi connectivity index (χ4n) is 1.23. The van der Waals surface area contributed by atoms with Crippen molar-refractivity contribution < 1.29 is 9.90 Å². The number of thiophene rings is 1. The molecule has 0 spiro atoms. The number of nitrogens with one attached hydrogen (secondary N) is 1. The molecule has 0 amide bonds. The lowest BCUT2D eigenvalue weighted by molar-refractivity contribution is 0.0688. The minimum Gasteiger partial charge on any atom is -0.477 e. The summed E-state index contributed by atoms with van der Waals surface area (Å²) < 4.78 is 1.03. The van der Waals surface area contributed by atoms with Gasteiger partial charge < -0.3 is 10.1 Å². The summed E-state index contributed by atoms with van der Waals surface area (Å²) in [7, 11) is 0. The zero-order chi connectivity index (χ0) is 9.42. The van der Waals surface area contributed by atoms with Crippen molar-refractivity contribution in [2.24, 2.45) is 0 Å². The van der Waals surface area contributed by atoms with E-state index in [-0.39, 0.29) is 0 Å². The van der Waals surface area contributed by atoms with Gasteiger partial charge in [-0.25, -0.2) is 4.79 Å². The molecule has 0 saturated heterocycles. The number of fused-ring (bicyclic) bond motifs is 1. The standard InChI is InChI=1S/C8H7NO2S2/c1-12-7-5(8(10)11)9-4-2-3-13-6(4)7/h2-3,9H,1H3,(H,10,11). The summed E-state index contributed by atoms with van der Waals surface area (Å²) in [6, 6.07) is 1.90. The number of hydrogen-bond acceptors (Lipinski definition) is 3. The van der Waals surface area contributed by atoms with Crippen LogP contribution >= 0.6 is 23.1 Å². The molecule has 2 heterocycles. The third-order valence-corrected chi connectivity index (χ3v) is 3.65. The number of aromatic nitrogens is 1. The van der Waals surface area contributed by atoms with E-state index in [0.29, 0.717) is 5.69 Å². The number of thioether (sulfide) groups is 1. The zero-order valence-corrected chi connectivity index (χ0v) is 8.46. The summed E-state index contributed by atoms with van der Waals surface area (Å²) in [5, 5.41) is 10.8. The molecule has 0 atom stereocenters. The SMILES string of the molecule is CSc1c(C(=O)O)[nH]c2ccsc12. The number of H-pyrrole nitrogens is 1. The van der Waals surface area contributed by atoms with Gasteiger partial charge in [0.2, 0.25) is 0 Å². The molecule has 2 aromatic rings. The van der Waals surface area contributed by atoms with Crippen LogP contribution in [0.5, 0.6) is 0 Å². The van der Waals surface area contributed by atoms with Crippen LogP contribution in [0.15, 0.2) is 16.3 Å². The maximum Gasteiger partial charge on any atom is 0.353 e. The van der Waals surface area contributed by atoms with Gasteiger partial charge >= 0.3 is 5.97 Å². The van der Waals surface area contributed by atoms with Gasteiger partial charge in [-0.1, -0.05) is 0 Å². The Morgan fingerprint density at radius 3 is 3.08 bits per heavy atom. The quantitative estimate of drug-likeness (QED) is 0.754. The van der Waals surface area contributed by atoms with E-state index in [0.717, 1.165) is 15.1 Å². The predicted octanol–water partition coefficient (Wildman–Crippen LogP) is 2.65. The highest BCUT2D eigenvalue weighted by Gasteiger charge is 2.16. The smallest absolute Gasteiger partial charge is 0.353 e. The normalized spacial score (nSPS) is 10.8. The van der Waals surface area contributed by atoms with Crippen LogP contribution in [0.2, 0.25) is 0 Å². The van der Waals surface area contributed by atoms with Crippen molar-refractivity contribution in [3.05, 3.63) is 17.1 Å². The minimum absolute atomic E-state index is 0.300. The molecule has 0 aliphatic rings. The average molecular weight is 213 g/mol. The Kier molecular flexibility index (Phi) is 2.05. The van der Waals surface area contributed by atoms with Gasteiger partial charge in [0, 0.05) is 0 Å². The number of hydrogen-bond donors (Lipinski definition) is 2. The first-order chi connectivity index (χ1) is 6.24. The van der Waals surface area contributed by atoms with Crippen LogP contribution in [0.1, 0.15) is 10.5 Å². The van der Waals surface area contributed by atoms with Crippen LogP contribution in [-0.4, -0.2) is 22.3 Å². The molecule has 13 heavy (non-hydrogen) atoms. The summed E-state index contributed by atoms with van der Waals surface area (Å²) in [6.45, 7) is 0. The number of carboxylic acid groups (broad SMARTS) is 1. The second-order valence-electron chi connectivity index (χ2n) is 2.50. The summed E-state index contributed by atoms with van der Waals surface area (Å²) in [4.78, 5) is 14.5. The van der Waals surface area contributed by atoms with Gasteiger partial charge in [-0.15, -0.1) is 23.1 Å². The summed E-state index contributed by atoms with van der Waals surface area (Å²) in [5.74, 6) is -0.896. The fraction of sp³-hybridized carbons (Fsp3) is 0.125. The second-order valence-corrected chi connectivity index (χ2v) is 4.23. The van der Waals surface area contributed by atoms with Crippen LogP contribution in [0, 0.1) is 0 Å². The Morgan fingerprint density at radius 2 is 2.46 bits per heavy atom. The number of rotatable bonds is 2. The Morgan fingerprint density at radius 1 is 1.69 bits per heavy atom. The summed E-state index contributed by atoms with van der Waals surface area (Å²) >= 11 is 3.02. The van der Waals surface area contributed by atoms with Crippen molar-refractivity contribution in [3.63, 3.8) is 0 Å². The molecule has 0 aliphatic carbocycles. The van der Waals surface area contributed by atoms with Gasteiger partial charge in [-0.2, -0.15) is 0 Å². The molecular weight excluding hydrogens is 206 g/mol. The average Bonchev–Trinajstić information content (AvgIpc) is 2.60. The Hall–Kier alpha value is -0.940. The monoisotopic (exact) mass is 213 g/mol. The molecule has 0 aliphatic heterocycles. The first kappa shape index (κ1) is 8.65. The van der Waals surface area contributed by atoms with Crippen LogP contribution in [0.25, 0.3) is 10.2 Å². The van der Waals surface area contributed by atoms with Gasteiger partial charge in [0.25, 0.3) is 0 Å². The van der Waals surface area contributed by atoms with Crippen LogP contribution in [0.3, 0.4) is 0 Å². The van der Waals surface area contributed by atoms with Crippen LogP contribution in [-0.2, 0) is 0 Å². The maximum absolute atomic E-state index is 10.8. The van der Waals surface area contributed by atoms with Crippen molar-refractivity contribution >= 4 is 39.3 Å². The maximum atomic E-state index is 10.8. The molecular formula is C8H7NO2S2. The van der Waals surface area contributed by atoms with E-state index in [1.165, 1.54) is 11.8 Å². The largest absolute Gasteiger partial charge is 0.477 e. The molecule has 0 unspecified atom stereocenters. The molecule has 2 N–H and O–H groups in total. The van der Waals surface area contributed by atoms with Gasteiger partial charge in [-0.3, -0.25) is 0 Å². The molecule has 0 saturated carbocycles. The van der Waals surface area contributed by atoms with Crippen molar-refractivity contribution in [1.29, 1.82) is 0 Å². The van der Waals surface area contributed by atoms with E-state index in [4.69, 9.17) is 5.11 Å². The van der Waals surface area contributed by atoms with E-state index in [9.17, 15) is 4.79 Å². The third kappa shape index (κ3) is 1.24. The van der Waals surface area contributed by atoms with E-state index in [2.05, 4.69) is 4.98 Å². The number of aromatic amines is 1. The van der Waals surface area contributed by atoms with Crippen LogP contribution < -0.4 is 0 Å². The molecule has 5 heteroatoms. The molecule has 0 radical (unpaired) electrons. The number of aromatic carboxylic acids is 1. The third-order valence-electron chi connectivity index (χ3n) is 1.78. The molecule has 0 bridgehead atoms. The Labute approximate surface area is 82.8 Å². The van der Waals surface area contributed by atoms with Gasteiger partial charge in [0.15, 0.2) is 0 Å². The zero-order valence-electron chi connectivity index (χ0n) is 6.83.